The number of nitrogens with zero attached hydrogens (tertiary/aromatic N) is 2. The van der Waals surface area contributed by atoms with Crippen LogP contribution in [0.4, 0.5) is 17.1 Å². The third-order valence-corrected chi connectivity index (χ3v) is 5.63. The van der Waals surface area contributed by atoms with Crippen LogP contribution in [0.3, 0.4) is 0 Å². The molecule has 2 N–H and O–H groups in total. The van der Waals surface area contributed by atoms with Gasteiger partial charge in [0.1, 0.15) is 0 Å². The minimum atomic E-state index is 0.427. The topological polar surface area (TPSA) is 49.8 Å². The fourth-order valence-electron chi connectivity index (χ4n) is 3.14. The second-order valence-electron chi connectivity index (χ2n) is 7.23. The Balaban J connectivity index is 1.74. The molecule has 0 spiro atoms. The first-order valence-electron chi connectivity index (χ1n) is 10.4. The lowest BCUT2D eigenvalue weighted by Gasteiger charge is -2.19. The molecule has 0 saturated heterocycles. The first-order chi connectivity index (χ1) is 14.2. The average molecular weight is 407 g/mol. The lowest BCUT2D eigenvalue weighted by atomic mass is 10.1. The summed E-state index contributed by atoms with van der Waals surface area (Å²) < 4.78 is 0. The number of nitrogens with one attached hydrogen (secondary N) is 2. The zero-order valence-electron chi connectivity index (χ0n) is 17.3. The number of anilines is 3. The Kier molecular flexibility index (Phi) is 8.38. The van der Waals surface area contributed by atoms with Crippen LogP contribution in [-0.2, 0) is 0 Å². The second kappa shape index (κ2) is 11.5. The van der Waals surface area contributed by atoms with Crippen LogP contribution in [0.5, 0.6) is 0 Å². The van der Waals surface area contributed by atoms with E-state index in [0.717, 1.165) is 27.1 Å². The number of unbranched alkanes of at least 4 members (excludes halogenated alkanes) is 3. The van der Waals surface area contributed by atoms with E-state index < -0.39 is 0 Å². The molecule has 3 aromatic rings. The third kappa shape index (κ3) is 7.09. The van der Waals surface area contributed by atoms with Gasteiger partial charge in [-0.1, -0.05) is 50.8 Å². The normalized spacial score (nSPS) is 11.8. The van der Waals surface area contributed by atoms with Crippen molar-refractivity contribution in [3.63, 3.8) is 0 Å². The smallest absolute Gasteiger partial charge is 0.192 e. The van der Waals surface area contributed by atoms with E-state index in [1.54, 1.807) is 24.2 Å². The van der Waals surface area contributed by atoms with Crippen molar-refractivity contribution in [2.45, 2.75) is 62.0 Å². The molecule has 2 aromatic carbocycles. The van der Waals surface area contributed by atoms with Crippen LogP contribution in [0.1, 0.15) is 46.0 Å². The third-order valence-electron chi connectivity index (χ3n) is 4.68. The van der Waals surface area contributed by atoms with Gasteiger partial charge in [0.25, 0.3) is 0 Å². The molecular formula is C24H30N4S. The summed E-state index contributed by atoms with van der Waals surface area (Å²) in [5.41, 5.74) is 3.25. The van der Waals surface area contributed by atoms with Crippen molar-refractivity contribution in [3.8, 4) is 0 Å². The highest BCUT2D eigenvalue weighted by atomic mass is 32.2. The Bertz CT molecular complexity index is 855. The Morgan fingerprint density at radius 3 is 2.45 bits per heavy atom. The Hall–Kier alpha value is -2.53. The zero-order valence-corrected chi connectivity index (χ0v) is 18.1. The van der Waals surface area contributed by atoms with Crippen molar-refractivity contribution >= 4 is 28.8 Å². The van der Waals surface area contributed by atoms with Crippen molar-refractivity contribution in [1.82, 2.24) is 9.97 Å². The molecule has 3 rings (SSSR count). The summed E-state index contributed by atoms with van der Waals surface area (Å²) in [4.78, 5) is 9.89. The van der Waals surface area contributed by atoms with Crippen molar-refractivity contribution in [2.75, 3.05) is 10.6 Å². The molecule has 0 aliphatic carbocycles. The highest BCUT2D eigenvalue weighted by Crippen LogP contribution is 2.35. The number of hydrogen-bond acceptors (Lipinski definition) is 5. The van der Waals surface area contributed by atoms with E-state index in [1.807, 2.05) is 24.3 Å². The SMILES string of the molecule is CCCCCCC(C)Nc1ccc(Nc2ccccc2)cc1Sc1ncccn1. The predicted molar refractivity (Wildman–Crippen MR) is 124 cm³/mol. The molecule has 4 nitrogen and oxygen atoms in total. The molecule has 1 unspecified atom stereocenters. The van der Waals surface area contributed by atoms with Crippen molar-refractivity contribution in [2.24, 2.45) is 0 Å². The highest BCUT2D eigenvalue weighted by molar-refractivity contribution is 7.99. The lowest BCUT2D eigenvalue weighted by molar-refractivity contribution is 0.593. The Morgan fingerprint density at radius 2 is 1.69 bits per heavy atom. The largest absolute Gasteiger partial charge is 0.382 e. The number of para-hydroxylation sites is 1. The number of aromatic nitrogens is 2. The van der Waals surface area contributed by atoms with Crippen molar-refractivity contribution in [1.29, 1.82) is 0 Å². The first kappa shape index (κ1) is 21.2. The summed E-state index contributed by atoms with van der Waals surface area (Å²) in [7, 11) is 0. The Morgan fingerprint density at radius 1 is 0.897 bits per heavy atom. The van der Waals surface area contributed by atoms with E-state index in [4.69, 9.17) is 0 Å². The van der Waals surface area contributed by atoms with Gasteiger partial charge in [-0.25, -0.2) is 9.97 Å². The molecule has 5 heteroatoms. The van der Waals surface area contributed by atoms with Gasteiger partial charge in [-0.05, 0) is 61.5 Å². The summed E-state index contributed by atoms with van der Waals surface area (Å²) >= 11 is 1.59. The van der Waals surface area contributed by atoms with Gasteiger partial charge in [0.05, 0.1) is 0 Å². The summed E-state index contributed by atoms with van der Waals surface area (Å²) in [5, 5.41) is 7.92. The molecule has 1 aromatic heterocycles. The van der Waals surface area contributed by atoms with Gasteiger partial charge < -0.3 is 10.6 Å². The van der Waals surface area contributed by atoms with Crippen molar-refractivity contribution < 1.29 is 0 Å². The molecule has 0 aliphatic heterocycles. The van der Waals surface area contributed by atoms with Crippen LogP contribution in [0.25, 0.3) is 0 Å². The van der Waals surface area contributed by atoms with Crippen LogP contribution in [0.15, 0.2) is 77.0 Å². The van der Waals surface area contributed by atoms with Gasteiger partial charge in [-0.15, -0.1) is 0 Å². The molecule has 0 aliphatic rings. The summed E-state index contributed by atoms with van der Waals surface area (Å²) in [5.74, 6) is 0. The van der Waals surface area contributed by atoms with E-state index in [9.17, 15) is 0 Å². The monoisotopic (exact) mass is 406 g/mol. The molecule has 0 saturated carbocycles. The molecular weight excluding hydrogens is 376 g/mol. The molecule has 1 atom stereocenters. The maximum atomic E-state index is 4.38. The fraction of sp³-hybridized carbons (Fsp3) is 0.333. The molecule has 0 bridgehead atoms. The summed E-state index contributed by atoms with van der Waals surface area (Å²) in [6.45, 7) is 4.51. The van der Waals surface area contributed by atoms with Crippen molar-refractivity contribution in [3.05, 3.63) is 67.0 Å². The van der Waals surface area contributed by atoms with Gasteiger partial charge in [0.2, 0.25) is 0 Å². The molecule has 0 radical (unpaired) electrons. The maximum absolute atomic E-state index is 4.38. The van der Waals surface area contributed by atoms with Crippen LogP contribution in [-0.4, -0.2) is 16.0 Å². The van der Waals surface area contributed by atoms with Gasteiger partial charge in [0, 0.05) is 40.4 Å². The fourth-order valence-corrected chi connectivity index (χ4v) is 3.99. The molecule has 152 valence electrons. The average Bonchev–Trinajstić information content (AvgIpc) is 2.75. The van der Waals surface area contributed by atoms with Gasteiger partial charge >= 0.3 is 0 Å². The summed E-state index contributed by atoms with van der Waals surface area (Å²) in [6.07, 6.45) is 9.90. The quantitative estimate of drug-likeness (QED) is 0.262. The Labute approximate surface area is 178 Å². The van der Waals surface area contributed by atoms with E-state index in [0.29, 0.717) is 6.04 Å². The van der Waals surface area contributed by atoms with E-state index in [1.165, 1.54) is 32.1 Å². The number of rotatable bonds is 11. The summed E-state index contributed by atoms with van der Waals surface area (Å²) in [6, 6.07) is 18.9. The van der Waals surface area contributed by atoms with Crippen LogP contribution < -0.4 is 10.6 Å². The van der Waals surface area contributed by atoms with E-state index >= 15 is 0 Å². The molecule has 0 fully saturated rings. The van der Waals surface area contributed by atoms with Gasteiger partial charge in [0.15, 0.2) is 5.16 Å². The first-order valence-corrected chi connectivity index (χ1v) is 11.2. The molecule has 0 amide bonds. The van der Waals surface area contributed by atoms with E-state index in [-0.39, 0.29) is 0 Å². The van der Waals surface area contributed by atoms with E-state index in [2.05, 4.69) is 64.8 Å². The van der Waals surface area contributed by atoms with Crippen LogP contribution >= 0.6 is 11.8 Å². The zero-order chi connectivity index (χ0) is 20.3. The maximum Gasteiger partial charge on any atom is 0.192 e. The van der Waals surface area contributed by atoms with Crippen LogP contribution in [0.2, 0.25) is 0 Å². The lowest BCUT2D eigenvalue weighted by Crippen LogP contribution is -2.15. The molecule has 29 heavy (non-hydrogen) atoms. The van der Waals surface area contributed by atoms with Gasteiger partial charge in [-0.2, -0.15) is 0 Å². The molecule has 1 heterocycles. The number of benzene rings is 2. The predicted octanol–water partition coefficient (Wildman–Crippen LogP) is 7.14. The number of hydrogen-bond donors (Lipinski definition) is 2. The highest BCUT2D eigenvalue weighted by Gasteiger charge is 2.11. The van der Waals surface area contributed by atoms with Crippen LogP contribution in [0, 0.1) is 0 Å². The second-order valence-corrected chi connectivity index (χ2v) is 8.24. The standard InChI is InChI=1S/C24H30N4S/c1-3-4-5-7-11-19(2)27-22-15-14-21(28-20-12-8-6-9-13-20)18-23(22)29-24-25-16-10-17-26-24/h6,8-10,12-19,27-28H,3-5,7,11H2,1-2H3. The minimum Gasteiger partial charge on any atom is -0.382 e. The van der Waals surface area contributed by atoms with Gasteiger partial charge in [-0.3, -0.25) is 0 Å². The minimum absolute atomic E-state index is 0.427.